The van der Waals surface area contributed by atoms with E-state index < -0.39 is 0 Å². The molecule has 0 bridgehead atoms. The first-order valence-electron chi connectivity index (χ1n) is 10.1. The van der Waals surface area contributed by atoms with Crippen molar-refractivity contribution in [2.24, 2.45) is 0 Å². The quantitative estimate of drug-likeness (QED) is 0.400. The Morgan fingerprint density at radius 2 is 1.83 bits per heavy atom. The number of halogens is 1. The highest BCUT2D eigenvalue weighted by molar-refractivity contribution is 6.30. The van der Waals surface area contributed by atoms with Crippen molar-refractivity contribution >= 4 is 11.6 Å². The van der Waals surface area contributed by atoms with E-state index in [1.807, 2.05) is 67.6 Å². The van der Waals surface area contributed by atoms with Gasteiger partial charge in [-0.25, -0.2) is 4.98 Å². The van der Waals surface area contributed by atoms with Crippen LogP contribution in [0.25, 0.3) is 0 Å². The molecule has 3 aromatic rings. The van der Waals surface area contributed by atoms with Crippen molar-refractivity contribution in [2.75, 3.05) is 19.8 Å². The SMILES string of the molecule is CCOc1cc(CNCCCOc2ccccn2)ccc1OCc1cccc(Cl)c1. The van der Waals surface area contributed by atoms with Gasteiger partial charge < -0.3 is 19.5 Å². The van der Waals surface area contributed by atoms with Gasteiger partial charge in [0.25, 0.3) is 0 Å². The minimum Gasteiger partial charge on any atom is -0.490 e. The van der Waals surface area contributed by atoms with E-state index in [1.54, 1.807) is 6.20 Å². The molecule has 0 aliphatic heterocycles. The second kappa shape index (κ2) is 12.1. The van der Waals surface area contributed by atoms with Crippen LogP contribution in [0.15, 0.2) is 66.9 Å². The average Bonchev–Trinajstić information content (AvgIpc) is 2.76. The lowest BCUT2D eigenvalue weighted by atomic mass is 10.2. The average molecular weight is 427 g/mol. The zero-order valence-electron chi connectivity index (χ0n) is 17.1. The number of pyridine rings is 1. The van der Waals surface area contributed by atoms with Crippen LogP contribution in [-0.2, 0) is 13.2 Å². The fourth-order valence-electron chi connectivity index (χ4n) is 2.88. The van der Waals surface area contributed by atoms with Crippen LogP contribution in [0.3, 0.4) is 0 Å². The molecule has 6 heteroatoms. The summed E-state index contributed by atoms with van der Waals surface area (Å²) in [6.07, 6.45) is 2.63. The zero-order chi connectivity index (χ0) is 21.0. The lowest BCUT2D eigenvalue weighted by molar-refractivity contribution is 0.269. The van der Waals surface area contributed by atoms with Crippen molar-refractivity contribution in [1.82, 2.24) is 10.3 Å². The largest absolute Gasteiger partial charge is 0.490 e. The van der Waals surface area contributed by atoms with Gasteiger partial charge in [0.05, 0.1) is 13.2 Å². The molecule has 1 N–H and O–H groups in total. The Balaban J connectivity index is 1.45. The second-order valence-corrected chi connectivity index (χ2v) is 7.12. The van der Waals surface area contributed by atoms with Crippen molar-refractivity contribution in [2.45, 2.75) is 26.5 Å². The Morgan fingerprint density at radius 1 is 0.900 bits per heavy atom. The second-order valence-electron chi connectivity index (χ2n) is 6.68. The van der Waals surface area contributed by atoms with Crippen LogP contribution in [0.1, 0.15) is 24.5 Å². The minimum atomic E-state index is 0.439. The van der Waals surface area contributed by atoms with Crippen molar-refractivity contribution in [3.8, 4) is 17.4 Å². The van der Waals surface area contributed by atoms with Crippen LogP contribution in [0.5, 0.6) is 17.4 Å². The molecule has 3 rings (SSSR count). The van der Waals surface area contributed by atoms with Crippen LogP contribution < -0.4 is 19.5 Å². The fraction of sp³-hybridized carbons (Fsp3) is 0.292. The van der Waals surface area contributed by atoms with E-state index in [4.69, 9.17) is 25.8 Å². The van der Waals surface area contributed by atoms with E-state index in [2.05, 4.69) is 10.3 Å². The van der Waals surface area contributed by atoms with Crippen LogP contribution in [-0.4, -0.2) is 24.7 Å². The third-order valence-corrected chi connectivity index (χ3v) is 4.54. The molecule has 1 heterocycles. The molecular weight excluding hydrogens is 400 g/mol. The van der Waals surface area contributed by atoms with Crippen molar-refractivity contribution in [1.29, 1.82) is 0 Å². The van der Waals surface area contributed by atoms with E-state index >= 15 is 0 Å². The first-order valence-corrected chi connectivity index (χ1v) is 10.5. The number of rotatable bonds is 12. The van der Waals surface area contributed by atoms with E-state index in [9.17, 15) is 0 Å². The molecule has 0 atom stereocenters. The molecule has 0 aliphatic carbocycles. The van der Waals surface area contributed by atoms with Gasteiger partial charge in [-0.3, -0.25) is 0 Å². The van der Waals surface area contributed by atoms with E-state index in [-0.39, 0.29) is 0 Å². The summed E-state index contributed by atoms with van der Waals surface area (Å²) in [5, 5.41) is 4.13. The maximum absolute atomic E-state index is 6.04. The molecule has 30 heavy (non-hydrogen) atoms. The standard InChI is InChI=1S/C24H27ClN2O3/c1-2-28-23-16-19(17-26-12-6-14-29-24-9-3-4-13-27-24)10-11-22(23)30-18-20-7-5-8-21(25)15-20/h3-5,7-11,13,15-16,26H,2,6,12,14,17-18H2,1H3. The first kappa shape index (κ1) is 21.9. The van der Waals surface area contributed by atoms with Crippen molar-refractivity contribution < 1.29 is 14.2 Å². The summed E-state index contributed by atoms with van der Waals surface area (Å²) in [5.74, 6) is 2.13. The number of ether oxygens (including phenoxy) is 3. The first-order chi connectivity index (χ1) is 14.7. The highest BCUT2D eigenvalue weighted by Crippen LogP contribution is 2.29. The summed E-state index contributed by atoms with van der Waals surface area (Å²) in [6.45, 7) is 5.21. The van der Waals surface area contributed by atoms with E-state index in [1.165, 1.54) is 0 Å². The predicted octanol–water partition coefficient (Wildman–Crippen LogP) is 5.27. The monoisotopic (exact) mass is 426 g/mol. The van der Waals surface area contributed by atoms with Gasteiger partial charge in [0.15, 0.2) is 11.5 Å². The maximum atomic E-state index is 6.04. The fourth-order valence-corrected chi connectivity index (χ4v) is 3.09. The normalized spacial score (nSPS) is 10.6. The zero-order valence-corrected chi connectivity index (χ0v) is 17.9. The topological polar surface area (TPSA) is 52.6 Å². The van der Waals surface area contributed by atoms with Gasteiger partial charge in [-0.05, 0) is 61.3 Å². The summed E-state index contributed by atoms with van der Waals surface area (Å²) < 4.78 is 17.3. The summed E-state index contributed by atoms with van der Waals surface area (Å²) in [5.41, 5.74) is 2.16. The molecule has 0 saturated carbocycles. The third kappa shape index (κ3) is 7.25. The molecule has 0 fully saturated rings. The van der Waals surface area contributed by atoms with Crippen LogP contribution in [0.2, 0.25) is 5.02 Å². The van der Waals surface area contributed by atoms with Gasteiger partial charge in [-0.1, -0.05) is 35.9 Å². The predicted molar refractivity (Wildman–Crippen MR) is 119 cm³/mol. The summed E-state index contributed by atoms with van der Waals surface area (Å²) >= 11 is 6.04. The number of hydrogen-bond acceptors (Lipinski definition) is 5. The molecule has 0 aliphatic rings. The molecule has 1 aromatic heterocycles. The Kier molecular flexibility index (Phi) is 8.81. The van der Waals surface area contributed by atoms with Gasteiger partial charge in [0.2, 0.25) is 5.88 Å². The maximum Gasteiger partial charge on any atom is 0.213 e. The number of hydrogen-bond donors (Lipinski definition) is 1. The highest BCUT2D eigenvalue weighted by Gasteiger charge is 2.07. The molecule has 5 nitrogen and oxygen atoms in total. The van der Waals surface area contributed by atoms with Gasteiger partial charge in [-0.2, -0.15) is 0 Å². The molecule has 158 valence electrons. The summed E-state index contributed by atoms with van der Waals surface area (Å²) in [7, 11) is 0. The molecule has 0 amide bonds. The third-order valence-electron chi connectivity index (χ3n) is 4.31. The van der Waals surface area contributed by atoms with Gasteiger partial charge in [0.1, 0.15) is 6.61 Å². The Bertz CT molecular complexity index is 906. The lowest BCUT2D eigenvalue weighted by Gasteiger charge is -2.14. The number of nitrogens with zero attached hydrogens (tertiary/aromatic N) is 1. The minimum absolute atomic E-state index is 0.439. The molecule has 0 saturated heterocycles. The highest BCUT2D eigenvalue weighted by atomic mass is 35.5. The van der Waals surface area contributed by atoms with E-state index in [0.717, 1.165) is 42.1 Å². The Labute approximate surface area is 183 Å². The summed E-state index contributed by atoms with van der Waals surface area (Å²) in [6, 6.07) is 19.3. The Morgan fingerprint density at radius 3 is 2.63 bits per heavy atom. The lowest BCUT2D eigenvalue weighted by Crippen LogP contribution is -2.17. The van der Waals surface area contributed by atoms with E-state index in [0.29, 0.717) is 30.7 Å². The van der Waals surface area contributed by atoms with Gasteiger partial charge in [-0.15, -0.1) is 0 Å². The number of aromatic nitrogens is 1. The van der Waals surface area contributed by atoms with Gasteiger partial charge in [0, 0.05) is 23.8 Å². The summed E-state index contributed by atoms with van der Waals surface area (Å²) in [4.78, 5) is 4.14. The number of benzene rings is 2. The smallest absolute Gasteiger partial charge is 0.213 e. The van der Waals surface area contributed by atoms with Gasteiger partial charge >= 0.3 is 0 Å². The van der Waals surface area contributed by atoms with Crippen LogP contribution in [0.4, 0.5) is 0 Å². The van der Waals surface area contributed by atoms with Crippen molar-refractivity contribution in [3.05, 3.63) is 83.0 Å². The molecule has 2 aromatic carbocycles. The molecule has 0 unspecified atom stereocenters. The molecular formula is C24H27ClN2O3. The van der Waals surface area contributed by atoms with Crippen molar-refractivity contribution in [3.63, 3.8) is 0 Å². The Hall–Kier alpha value is -2.76. The molecule has 0 spiro atoms. The molecule has 0 radical (unpaired) electrons. The number of nitrogens with one attached hydrogen (secondary N) is 1. The van der Waals surface area contributed by atoms with Crippen LogP contribution >= 0.6 is 11.6 Å². The van der Waals surface area contributed by atoms with Crippen LogP contribution in [0, 0.1) is 0 Å².